The molecule has 186 valence electrons. The van der Waals surface area contributed by atoms with Gasteiger partial charge in [0, 0.05) is 55.2 Å². The number of hydrogen-bond donors (Lipinski definition) is 0. The Morgan fingerprint density at radius 3 is 2.57 bits per heavy atom. The molecule has 1 fully saturated rings. The topological polar surface area (TPSA) is 65.5 Å². The van der Waals surface area contributed by atoms with Crippen molar-refractivity contribution in [2.24, 2.45) is 5.10 Å². The second-order valence-corrected chi connectivity index (χ2v) is 9.04. The lowest BCUT2D eigenvalue weighted by Gasteiger charge is -2.31. The number of carbonyl (C=O) groups is 2. The van der Waals surface area contributed by atoms with Gasteiger partial charge in [-0.1, -0.05) is 54.9 Å². The van der Waals surface area contributed by atoms with Gasteiger partial charge in [-0.3, -0.25) is 14.5 Å². The summed E-state index contributed by atoms with van der Waals surface area (Å²) in [7, 11) is 0. The number of carbonyl (C=O) groups excluding carboxylic acids is 2. The minimum Gasteiger partial charge on any atom is -0.379 e. The summed E-state index contributed by atoms with van der Waals surface area (Å²) in [6.07, 6.45) is 0.618. The Balaban J connectivity index is 1.57. The van der Waals surface area contributed by atoms with Gasteiger partial charge in [-0.25, -0.2) is 9.40 Å². The van der Waals surface area contributed by atoms with E-state index in [-0.39, 0.29) is 18.4 Å². The van der Waals surface area contributed by atoms with Gasteiger partial charge in [0.05, 0.1) is 25.0 Å². The second kappa shape index (κ2) is 11.7. The molecular formula is C26H30ClFN4O3. The Morgan fingerprint density at radius 2 is 1.86 bits per heavy atom. The third kappa shape index (κ3) is 6.07. The monoisotopic (exact) mass is 500 g/mol. The lowest BCUT2D eigenvalue weighted by atomic mass is 9.98. The zero-order valence-corrected chi connectivity index (χ0v) is 20.6. The molecule has 0 spiro atoms. The Labute approximate surface area is 210 Å². The molecule has 1 saturated heterocycles. The molecule has 0 saturated carbocycles. The van der Waals surface area contributed by atoms with Crippen molar-refractivity contribution in [3.8, 4) is 0 Å². The van der Waals surface area contributed by atoms with Crippen LogP contribution in [-0.2, 0) is 14.3 Å². The van der Waals surface area contributed by atoms with Gasteiger partial charge < -0.3 is 9.64 Å². The number of hydrogen-bond acceptors (Lipinski definition) is 5. The molecule has 2 aliphatic heterocycles. The molecule has 0 bridgehead atoms. The zero-order chi connectivity index (χ0) is 24.8. The van der Waals surface area contributed by atoms with Crippen LogP contribution in [0.15, 0.2) is 53.6 Å². The van der Waals surface area contributed by atoms with Crippen LogP contribution < -0.4 is 0 Å². The van der Waals surface area contributed by atoms with E-state index in [9.17, 15) is 14.0 Å². The molecule has 4 rings (SSSR count). The summed E-state index contributed by atoms with van der Waals surface area (Å²) in [5, 5.41) is 6.43. The van der Waals surface area contributed by atoms with Crippen molar-refractivity contribution in [2.75, 3.05) is 45.9 Å². The Hall–Kier alpha value is -2.81. The summed E-state index contributed by atoms with van der Waals surface area (Å²) in [4.78, 5) is 30.0. The van der Waals surface area contributed by atoms with Crippen molar-refractivity contribution in [3.05, 3.63) is 70.5 Å². The van der Waals surface area contributed by atoms with Crippen LogP contribution in [0.4, 0.5) is 4.39 Å². The first-order chi connectivity index (χ1) is 17.0. The molecule has 7 nitrogen and oxygen atoms in total. The highest BCUT2D eigenvalue weighted by atomic mass is 35.5. The Morgan fingerprint density at radius 1 is 1.14 bits per heavy atom. The fourth-order valence-corrected chi connectivity index (χ4v) is 4.67. The molecule has 1 atom stereocenters. The molecule has 0 radical (unpaired) electrons. The van der Waals surface area contributed by atoms with E-state index in [0.29, 0.717) is 61.0 Å². The van der Waals surface area contributed by atoms with E-state index >= 15 is 0 Å². The minimum absolute atomic E-state index is 0.108. The lowest BCUT2D eigenvalue weighted by Crippen LogP contribution is -2.46. The van der Waals surface area contributed by atoms with Crippen molar-refractivity contribution in [3.63, 3.8) is 0 Å². The summed E-state index contributed by atoms with van der Waals surface area (Å²) in [5.41, 5.74) is 1.70. The smallest absolute Gasteiger partial charge is 0.262 e. The van der Waals surface area contributed by atoms with Crippen molar-refractivity contribution >= 4 is 29.1 Å². The molecule has 2 aromatic carbocycles. The lowest BCUT2D eigenvalue weighted by molar-refractivity contribution is -0.141. The predicted molar refractivity (Wildman–Crippen MR) is 133 cm³/mol. The zero-order valence-electron chi connectivity index (χ0n) is 19.8. The van der Waals surface area contributed by atoms with E-state index in [1.807, 2.05) is 18.2 Å². The normalized spacial score (nSPS) is 18.4. The summed E-state index contributed by atoms with van der Waals surface area (Å²) >= 11 is 6.39. The van der Waals surface area contributed by atoms with Gasteiger partial charge in [0.2, 0.25) is 5.91 Å². The number of morpholine rings is 1. The molecule has 2 aliphatic rings. The fourth-order valence-electron chi connectivity index (χ4n) is 4.42. The number of halogens is 2. The number of ether oxygens (including phenoxy) is 1. The van der Waals surface area contributed by atoms with Crippen molar-refractivity contribution in [1.82, 2.24) is 14.8 Å². The SMILES string of the molecule is CCC(=O)N(CCN1CCOCC1)CC(=O)N1N=C(c2ccccc2Cl)CC1c1ccccc1F. The molecule has 0 aromatic heterocycles. The molecule has 2 amide bonds. The molecule has 35 heavy (non-hydrogen) atoms. The highest BCUT2D eigenvalue weighted by molar-refractivity contribution is 6.34. The molecule has 9 heteroatoms. The van der Waals surface area contributed by atoms with Crippen LogP contribution >= 0.6 is 11.6 Å². The molecule has 1 unspecified atom stereocenters. The first-order valence-electron chi connectivity index (χ1n) is 11.9. The van der Waals surface area contributed by atoms with E-state index in [2.05, 4.69) is 10.0 Å². The minimum atomic E-state index is -0.618. The van der Waals surface area contributed by atoms with Crippen LogP contribution in [-0.4, -0.2) is 78.3 Å². The number of hydrazone groups is 1. The predicted octanol–water partition coefficient (Wildman–Crippen LogP) is 3.73. The van der Waals surface area contributed by atoms with Crippen LogP contribution in [0.1, 0.15) is 36.9 Å². The van der Waals surface area contributed by atoms with Crippen molar-refractivity contribution in [1.29, 1.82) is 0 Å². The van der Waals surface area contributed by atoms with Crippen LogP contribution in [0.5, 0.6) is 0 Å². The van der Waals surface area contributed by atoms with Gasteiger partial charge in [-0.2, -0.15) is 5.10 Å². The summed E-state index contributed by atoms with van der Waals surface area (Å²) in [6, 6.07) is 13.0. The largest absolute Gasteiger partial charge is 0.379 e. The molecular weight excluding hydrogens is 471 g/mol. The standard InChI is InChI=1S/C26H30ClFN4O3/c1-2-25(33)31(12-11-30-13-15-35-16-14-30)18-26(34)32-24(20-8-4-6-10-22(20)28)17-23(29-32)19-7-3-5-9-21(19)27/h3-10,24H,2,11-18H2,1H3. The van der Waals surface area contributed by atoms with Gasteiger partial charge in [0.25, 0.3) is 5.91 Å². The maximum atomic E-state index is 14.8. The van der Waals surface area contributed by atoms with Gasteiger partial charge in [-0.15, -0.1) is 0 Å². The Kier molecular flexibility index (Phi) is 8.49. The third-order valence-electron chi connectivity index (χ3n) is 6.39. The first-order valence-corrected chi connectivity index (χ1v) is 12.3. The van der Waals surface area contributed by atoms with Gasteiger partial charge >= 0.3 is 0 Å². The van der Waals surface area contributed by atoms with E-state index < -0.39 is 11.9 Å². The van der Waals surface area contributed by atoms with Crippen LogP contribution in [0, 0.1) is 5.82 Å². The first kappa shape index (κ1) is 25.3. The number of nitrogens with zero attached hydrogens (tertiary/aromatic N) is 4. The van der Waals surface area contributed by atoms with E-state index in [1.165, 1.54) is 11.1 Å². The maximum absolute atomic E-state index is 14.8. The fraction of sp³-hybridized carbons (Fsp3) is 0.423. The highest BCUT2D eigenvalue weighted by Gasteiger charge is 2.36. The third-order valence-corrected chi connectivity index (χ3v) is 6.72. The van der Waals surface area contributed by atoms with E-state index in [4.69, 9.17) is 16.3 Å². The van der Waals surface area contributed by atoms with E-state index in [0.717, 1.165) is 13.1 Å². The van der Waals surface area contributed by atoms with Gasteiger partial charge in [-0.05, 0) is 12.1 Å². The number of benzene rings is 2. The molecule has 2 heterocycles. The van der Waals surface area contributed by atoms with Gasteiger partial charge in [0.1, 0.15) is 12.4 Å². The molecule has 2 aromatic rings. The second-order valence-electron chi connectivity index (χ2n) is 8.63. The van der Waals surface area contributed by atoms with Crippen molar-refractivity contribution < 1.29 is 18.7 Å². The highest BCUT2D eigenvalue weighted by Crippen LogP contribution is 2.35. The Bertz CT molecular complexity index is 1090. The molecule has 0 aliphatic carbocycles. The molecule has 0 N–H and O–H groups in total. The summed E-state index contributed by atoms with van der Waals surface area (Å²) in [5.74, 6) is -0.868. The van der Waals surface area contributed by atoms with Crippen LogP contribution in [0.25, 0.3) is 0 Å². The van der Waals surface area contributed by atoms with Gasteiger partial charge in [0.15, 0.2) is 0 Å². The number of rotatable bonds is 8. The van der Waals surface area contributed by atoms with E-state index in [1.54, 1.807) is 36.1 Å². The van der Waals surface area contributed by atoms with Crippen LogP contribution in [0.3, 0.4) is 0 Å². The van der Waals surface area contributed by atoms with Crippen LogP contribution in [0.2, 0.25) is 5.02 Å². The quantitative estimate of drug-likeness (QED) is 0.554. The average Bonchev–Trinajstić information content (AvgIpc) is 3.32. The van der Waals surface area contributed by atoms with Crippen molar-refractivity contribution in [2.45, 2.75) is 25.8 Å². The number of amides is 2. The maximum Gasteiger partial charge on any atom is 0.262 e. The average molecular weight is 501 g/mol. The summed E-state index contributed by atoms with van der Waals surface area (Å²) in [6.45, 7) is 5.67. The summed E-state index contributed by atoms with van der Waals surface area (Å²) < 4.78 is 20.2.